The van der Waals surface area contributed by atoms with E-state index in [0.717, 1.165) is 27.5 Å². The van der Waals surface area contributed by atoms with Gasteiger partial charge in [-0.3, -0.25) is 9.59 Å². The molecule has 0 fully saturated rings. The number of thioether (sulfide) groups is 1. The molecule has 1 amide bonds. The number of rotatable bonds is 9. The van der Waals surface area contributed by atoms with Gasteiger partial charge in [0, 0.05) is 10.6 Å². The molecule has 0 unspecified atom stereocenters. The van der Waals surface area contributed by atoms with Crippen LogP contribution in [0.3, 0.4) is 0 Å². The Morgan fingerprint density at radius 2 is 1.60 bits per heavy atom. The normalized spacial score (nSPS) is 10.3. The van der Waals surface area contributed by atoms with Crippen LogP contribution in [0.5, 0.6) is 5.75 Å². The van der Waals surface area contributed by atoms with E-state index in [2.05, 4.69) is 5.32 Å². The highest BCUT2D eigenvalue weighted by Gasteiger charge is 2.11. The third kappa shape index (κ3) is 6.67. The fourth-order valence-electron chi connectivity index (χ4n) is 2.80. The van der Waals surface area contributed by atoms with Gasteiger partial charge in [-0.25, -0.2) is 0 Å². The number of hydrogen-bond donors (Lipinski definition) is 1. The average Bonchev–Trinajstić information content (AvgIpc) is 2.78. The molecule has 1 N–H and O–H groups in total. The SMILES string of the molecule is COc1ccc(SCC(=O)OCC(=O)Nc2ccccc2Cc2ccccc2)cc1. The highest BCUT2D eigenvalue weighted by atomic mass is 32.2. The van der Waals surface area contributed by atoms with Crippen LogP contribution in [0.2, 0.25) is 0 Å². The maximum absolute atomic E-state index is 12.3. The number of amides is 1. The zero-order valence-electron chi connectivity index (χ0n) is 16.7. The minimum atomic E-state index is -0.441. The number of esters is 1. The molecule has 0 aliphatic carbocycles. The number of hydrogen-bond acceptors (Lipinski definition) is 5. The van der Waals surface area contributed by atoms with Crippen molar-refractivity contribution in [3.8, 4) is 5.75 Å². The van der Waals surface area contributed by atoms with Crippen LogP contribution in [0, 0.1) is 0 Å². The number of para-hydroxylation sites is 1. The Bertz CT molecular complexity index is 974. The summed E-state index contributed by atoms with van der Waals surface area (Å²) in [5.74, 6) is 0.0810. The van der Waals surface area contributed by atoms with Crippen molar-refractivity contribution in [3.63, 3.8) is 0 Å². The molecule has 0 spiro atoms. The molecule has 30 heavy (non-hydrogen) atoms. The number of carbonyl (C=O) groups excluding carboxylic acids is 2. The molecule has 0 bridgehead atoms. The highest BCUT2D eigenvalue weighted by Crippen LogP contribution is 2.21. The molecule has 3 aromatic carbocycles. The van der Waals surface area contributed by atoms with Crippen LogP contribution in [0.4, 0.5) is 5.69 Å². The van der Waals surface area contributed by atoms with E-state index in [0.29, 0.717) is 6.42 Å². The molecule has 3 aromatic rings. The van der Waals surface area contributed by atoms with Gasteiger partial charge in [0.05, 0.1) is 12.9 Å². The van der Waals surface area contributed by atoms with Crippen molar-refractivity contribution in [2.75, 3.05) is 24.8 Å². The lowest BCUT2D eigenvalue weighted by Crippen LogP contribution is -2.22. The van der Waals surface area contributed by atoms with E-state index in [1.54, 1.807) is 7.11 Å². The van der Waals surface area contributed by atoms with Gasteiger partial charge in [-0.05, 0) is 47.9 Å². The Kier molecular flexibility index (Phi) is 7.92. The topological polar surface area (TPSA) is 64.6 Å². The minimum Gasteiger partial charge on any atom is -0.497 e. The van der Waals surface area contributed by atoms with Gasteiger partial charge < -0.3 is 14.8 Å². The van der Waals surface area contributed by atoms with Gasteiger partial charge in [-0.1, -0.05) is 48.5 Å². The van der Waals surface area contributed by atoms with E-state index < -0.39 is 5.97 Å². The van der Waals surface area contributed by atoms with E-state index in [9.17, 15) is 9.59 Å². The number of benzene rings is 3. The van der Waals surface area contributed by atoms with Crippen molar-refractivity contribution in [1.29, 1.82) is 0 Å². The minimum absolute atomic E-state index is 0.129. The lowest BCUT2D eigenvalue weighted by Gasteiger charge is -2.11. The predicted molar refractivity (Wildman–Crippen MR) is 119 cm³/mol. The number of anilines is 1. The third-order valence-corrected chi connectivity index (χ3v) is 5.29. The van der Waals surface area contributed by atoms with Gasteiger partial charge in [0.2, 0.25) is 0 Å². The lowest BCUT2D eigenvalue weighted by atomic mass is 10.0. The molecule has 3 rings (SSSR count). The fourth-order valence-corrected chi connectivity index (χ4v) is 3.50. The largest absolute Gasteiger partial charge is 0.497 e. The molecular weight excluding hydrogens is 398 g/mol. The van der Waals surface area contributed by atoms with Crippen molar-refractivity contribution >= 4 is 29.3 Å². The van der Waals surface area contributed by atoms with Gasteiger partial charge >= 0.3 is 5.97 Å². The van der Waals surface area contributed by atoms with E-state index in [1.165, 1.54) is 11.8 Å². The predicted octanol–water partition coefficient (Wildman–Crippen LogP) is 4.56. The van der Waals surface area contributed by atoms with Gasteiger partial charge in [-0.2, -0.15) is 0 Å². The van der Waals surface area contributed by atoms with Crippen LogP contribution in [0.25, 0.3) is 0 Å². The summed E-state index contributed by atoms with van der Waals surface area (Å²) in [7, 11) is 1.60. The first-order chi connectivity index (χ1) is 14.6. The van der Waals surface area contributed by atoms with Crippen molar-refractivity contribution in [3.05, 3.63) is 90.0 Å². The maximum Gasteiger partial charge on any atom is 0.316 e. The smallest absolute Gasteiger partial charge is 0.316 e. The quantitative estimate of drug-likeness (QED) is 0.405. The summed E-state index contributed by atoms with van der Waals surface area (Å²) in [4.78, 5) is 25.1. The van der Waals surface area contributed by atoms with Crippen LogP contribution >= 0.6 is 11.8 Å². The Morgan fingerprint density at radius 1 is 0.900 bits per heavy atom. The second kappa shape index (κ2) is 11.1. The van der Waals surface area contributed by atoms with Crippen molar-refractivity contribution in [2.24, 2.45) is 0 Å². The van der Waals surface area contributed by atoms with Crippen molar-refractivity contribution < 1.29 is 19.1 Å². The molecule has 6 heteroatoms. The van der Waals surface area contributed by atoms with Crippen molar-refractivity contribution in [1.82, 2.24) is 0 Å². The highest BCUT2D eigenvalue weighted by molar-refractivity contribution is 8.00. The van der Waals surface area contributed by atoms with Crippen molar-refractivity contribution in [2.45, 2.75) is 11.3 Å². The van der Waals surface area contributed by atoms with E-state index in [1.807, 2.05) is 78.9 Å². The molecule has 0 aliphatic rings. The van der Waals surface area contributed by atoms with Crippen LogP contribution in [-0.4, -0.2) is 31.3 Å². The van der Waals surface area contributed by atoms with Gasteiger partial charge in [0.1, 0.15) is 5.75 Å². The number of ether oxygens (including phenoxy) is 2. The van der Waals surface area contributed by atoms with E-state index in [4.69, 9.17) is 9.47 Å². The zero-order valence-corrected chi connectivity index (χ0v) is 17.5. The average molecular weight is 422 g/mol. The van der Waals surface area contributed by atoms with Gasteiger partial charge in [0.25, 0.3) is 5.91 Å². The monoisotopic (exact) mass is 421 g/mol. The molecule has 0 aliphatic heterocycles. The molecule has 0 saturated heterocycles. The Morgan fingerprint density at radius 3 is 2.33 bits per heavy atom. The first-order valence-electron chi connectivity index (χ1n) is 9.48. The maximum atomic E-state index is 12.3. The number of methoxy groups -OCH3 is 1. The molecule has 0 atom stereocenters. The number of nitrogens with one attached hydrogen (secondary N) is 1. The van der Waals surface area contributed by atoms with Gasteiger partial charge in [-0.15, -0.1) is 11.8 Å². The van der Waals surface area contributed by atoms with Gasteiger partial charge in [0.15, 0.2) is 6.61 Å². The number of carbonyl (C=O) groups is 2. The first kappa shape index (κ1) is 21.5. The Hall–Kier alpha value is -3.25. The summed E-state index contributed by atoms with van der Waals surface area (Å²) in [5, 5.41) is 2.84. The van der Waals surface area contributed by atoms with E-state index in [-0.39, 0.29) is 18.3 Å². The van der Waals surface area contributed by atoms with Crippen LogP contribution in [0.1, 0.15) is 11.1 Å². The van der Waals surface area contributed by atoms with Crippen LogP contribution < -0.4 is 10.1 Å². The summed E-state index contributed by atoms with van der Waals surface area (Å²) in [6, 6.07) is 25.0. The van der Waals surface area contributed by atoms with E-state index >= 15 is 0 Å². The second-order valence-corrected chi connectivity index (χ2v) is 7.54. The Balaban J connectivity index is 1.46. The molecule has 0 heterocycles. The second-order valence-electron chi connectivity index (χ2n) is 6.49. The molecule has 154 valence electrons. The van der Waals surface area contributed by atoms with Crippen LogP contribution in [-0.2, 0) is 20.7 Å². The summed E-state index contributed by atoms with van der Waals surface area (Å²) in [6.07, 6.45) is 0.704. The molecule has 5 nitrogen and oxygen atoms in total. The summed E-state index contributed by atoms with van der Waals surface area (Å²) in [5.41, 5.74) is 2.87. The summed E-state index contributed by atoms with van der Waals surface area (Å²) >= 11 is 1.35. The fraction of sp³-hybridized carbons (Fsp3) is 0.167. The summed E-state index contributed by atoms with van der Waals surface area (Å²) < 4.78 is 10.2. The standard InChI is InChI=1S/C24H23NO4S/c1-28-20-11-13-21(14-12-20)30-17-24(27)29-16-23(26)25-22-10-6-5-9-19(22)15-18-7-3-2-4-8-18/h2-14H,15-17H2,1H3,(H,25,26). The molecule has 0 aromatic heterocycles. The third-order valence-electron chi connectivity index (χ3n) is 4.31. The first-order valence-corrected chi connectivity index (χ1v) is 10.5. The zero-order chi connectivity index (χ0) is 21.2. The Labute approximate surface area is 180 Å². The lowest BCUT2D eigenvalue weighted by molar-refractivity contribution is -0.144. The molecular formula is C24H23NO4S. The molecule has 0 saturated carbocycles. The van der Waals surface area contributed by atoms with Crippen LogP contribution in [0.15, 0.2) is 83.8 Å². The summed E-state index contributed by atoms with van der Waals surface area (Å²) in [6.45, 7) is -0.318. The molecule has 0 radical (unpaired) electrons.